The lowest BCUT2D eigenvalue weighted by molar-refractivity contribution is -0.139. The number of para-hydroxylation sites is 1. The van der Waals surface area contributed by atoms with Crippen LogP contribution in [0.4, 0.5) is 10.1 Å². The molecule has 0 fully saturated rings. The Hall–Kier alpha value is -4.70. The molecule has 0 bridgehead atoms. The first-order valence-corrected chi connectivity index (χ1v) is 14.6. The minimum atomic E-state index is -4.13. The van der Waals surface area contributed by atoms with Crippen molar-refractivity contribution in [3.63, 3.8) is 0 Å². The fourth-order valence-electron chi connectivity index (χ4n) is 5.00. The van der Waals surface area contributed by atoms with Crippen molar-refractivity contribution in [1.82, 2.24) is 5.32 Å². The quantitative estimate of drug-likeness (QED) is 0.286. The highest BCUT2D eigenvalue weighted by atomic mass is 32.2. The normalized spacial score (nSPS) is 14.3. The van der Waals surface area contributed by atoms with Crippen molar-refractivity contribution in [1.29, 1.82) is 0 Å². The molecular weight excluding hydrogens is 559 g/mol. The number of amides is 1. The molecule has 5 rings (SSSR count). The number of carbonyl (C=O) groups excluding carboxylic acids is 2. The molecule has 0 aliphatic carbocycles. The number of esters is 1. The van der Waals surface area contributed by atoms with Crippen LogP contribution in [0.1, 0.15) is 16.7 Å². The summed E-state index contributed by atoms with van der Waals surface area (Å²) in [5, 5.41) is 2.87. The highest BCUT2D eigenvalue weighted by molar-refractivity contribution is 7.93. The van der Waals surface area contributed by atoms with Crippen molar-refractivity contribution >= 4 is 27.6 Å². The Morgan fingerprint density at radius 1 is 0.929 bits per heavy atom. The van der Waals surface area contributed by atoms with E-state index in [0.717, 1.165) is 16.7 Å². The monoisotopic (exact) mass is 588 g/mol. The van der Waals surface area contributed by atoms with E-state index < -0.39 is 27.8 Å². The van der Waals surface area contributed by atoms with Gasteiger partial charge in [0.1, 0.15) is 17.6 Å². The molecule has 0 unspecified atom stereocenters. The molecule has 1 amide bonds. The number of benzene rings is 4. The van der Waals surface area contributed by atoms with E-state index in [1.165, 1.54) is 42.8 Å². The third-order valence-corrected chi connectivity index (χ3v) is 9.02. The number of nitrogens with one attached hydrogen (secondary N) is 1. The third-order valence-electron chi connectivity index (χ3n) is 7.18. The fourth-order valence-corrected chi connectivity index (χ4v) is 6.65. The van der Waals surface area contributed by atoms with E-state index in [2.05, 4.69) is 10.1 Å². The smallest absolute Gasteiger partial charge is 0.309 e. The minimum absolute atomic E-state index is 0.0167. The lowest BCUT2D eigenvalue weighted by atomic mass is 10.0. The van der Waals surface area contributed by atoms with Crippen LogP contribution in [0.2, 0.25) is 0 Å². The van der Waals surface area contributed by atoms with Gasteiger partial charge < -0.3 is 14.8 Å². The zero-order valence-electron chi connectivity index (χ0n) is 23.0. The molecule has 1 N–H and O–H groups in total. The lowest BCUT2D eigenvalue weighted by Gasteiger charge is -2.26. The predicted octanol–water partition coefficient (Wildman–Crippen LogP) is 4.65. The molecule has 0 saturated heterocycles. The maximum atomic E-state index is 14.0. The van der Waals surface area contributed by atoms with E-state index in [-0.39, 0.29) is 30.3 Å². The second-order valence-corrected chi connectivity index (χ2v) is 11.6. The number of hydrogen-bond donors (Lipinski definition) is 1. The number of anilines is 1. The molecule has 4 aromatic rings. The van der Waals surface area contributed by atoms with E-state index in [1.54, 1.807) is 54.6 Å². The Morgan fingerprint density at radius 2 is 1.62 bits per heavy atom. The van der Waals surface area contributed by atoms with Crippen molar-refractivity contribution in [2.24, 2.45) is 0 Å². The minimum Gasteiger partial charge on any atom is -0.496 e. The van der Waals surface area contributed by atoms with E-state index in [1.807, 2.05) is 12.1 Å². The summed E-state index contributed by atoms with van der Waals surface area (Å²) in [7, 11) is -1.36. The number of halogens is 1. The molecule has 42 heavy (non-hydrogen) atoms. The number of ether oxygens (including phenoxy) is 2. The van der Waals surface area contributed by atoms with Crippen LogP contribution in [0.3, 0.4) is 0 Å². The van der Waals surface area contributed by atoms with Crippen LogP contribution in [0.15, 0.2) is 95.9 Å². The van der Waals surface area contributed by atoms with Gasteiger partial charge in [-0.1, -0.05) is 54.6 Å². The van der Waals surface area contributed by atoms with Crippen LogP contribution < -0.4 is 14.4 Å². The zero-order valence-corrected chi connectivity index (χ0v) is 23.9. The van der Waals surface area contributed by atoms with Crippen LogP contribution >= 0.6 is 0 Å². The number of methoxy groups -OCH3 is 2. The van der Waals surface area contributed by atoms with Crippen LogP contribution in [0, 0.1) is 5.82 Å². The summed E-state index contributed by atoms with van der Waals surface area (Å²) >= 11 is 0. The van der Waals surface area contributed by atoms with Crippen LogP contribution in [0.5, 0.6) is 5.75 Å². The molecule has 1 aliphatic rings. The topological polar surface area (TPSA) is 102 Å². The number of fused-ring (bicyclic) bond motifs is 1. The molecule has 0 radical (unpaired) electrons. The first-order chi connectivity index (χ1) is 20.2. The highest BCUT2D eigenvalue weighted by Crippen LogP contribution is 2.38. The van der Waals surface area contributed by atoms with Gasteiger partial charge in [0.2, 0.25) is 5.91 Å². The van der Waals surface area contributed by atoms with Crippen molar-refractivity contribution < 1.29 is 31.9 Å². The van der Waals surface area contributed by atoms with Gasteiger partial charge in [0.15, 0.2) is 0 Å². The van der Waals surface area contributed by atoms with Crippen molar-refractivity contribution in [3.05, 3.63) is 114 Å². The van der Waals surface area contributed by atoms with E-state index >= 15 is 0 Å². The molecular formula is C32H29FN2O6S. The van der Waals surface area contributed by atoms with Gasteiger partial charge in [0.25, 0.3) is 10.0 Å². The summed E-state index contributed by atoms with van der Waals surface area (Å²) in [6.07, 6.45) is 0.374. The maximum Gasteiger partial charge on any atom is 0.309 e. The van der Waals surface area contributed by atoms with E-state index in [0.29, 0.717) is 22.6 Å². The van der Waals surface area contributed by atoms with Gasteiger partial charge in [-0.2, -0.15) is 0 Å². The molecule has 1 aliphatic heterocycles. The second-order valence-electron chi connectivity index (χ2n) is 9.81. The number of carbonyl (C=O) groups is 2. The molecule has 0 aromatic heterocycles. The number of sulfonamides is 1. The van der Waals surface area contributed by atoms with Crippen LogP contribution in [-0.4, -0.2) is 40.6 Å². The van der Waals surface area contributed by atoms with Crippen molar-refractivity contribution in [3.8, 4) is 16.9 Å². The van der Waals surface area contributed by atoms with Crippen molar-refractivity contribution in [2.75, 3.05) is 18.5 Å². The molecule has 8 nitrogen and oxygen atoms in total. The van der Waals surface area contributed by atoms with Gasteiger partial charge in [-0.15, -0.1) is 0 Å². The fraction of sp³-hybridized carbons (Fsp3) is 0.188. The van der Waals surface area contributed by atoms with Gasteiger partial charge in [0, 0.05) is 24.6 Å². The Kier molecular flexibility index (Phi) is 8.26. The molecule has 1 heterocycles. The van der Waals surface area contributed by atoms with Gasteiger partial charge in [-0.3, -0.25) is 13.9 Å². The van der Waals surface area contributed by atoms with Crippen LogP contribution in [0.25, 0.3) is 11.1 Å². The standard InChI is InChI=1S/C32H29FN2O6S/c1-40-30-19-25(33)13-16-27(30)23-11-14-26(15-12-23)42(38,39)35-28-6-4-3-5-24(28)18-29(35)32(37)34-20-22-9-7-21(8-10-22)17-31(36)41-2/h3-16,19,29H,17-18,20H2,1-2H3,(H,34,37)/t29-/m0/s1. The SMILES string of the molecule is COC(=O)Cc1ccc(CNC(=O)[C@@H]2Cc3ccccc3N2S(=O)(=O)c2ccc(-c3ccc(F)cc3OC)cc2)cc1. The summed E-state index contributed by atoms with van der Waals surface area (Å²) in [4.78, 5) is 25.0. The van der Waals surface area contributed by atoms with E-state index in [9.17, 15) is 22.4 Å². The largest absolute Gasteiger partial charge is 0.496 e. The summed E-state index contributed by atoms with van der Waals surface area (Å²) in [5.74, 6) is -0.889. The third kappa shape index (κ3) is 5.84. The average molecular weight is 589 g/mol. The molecule has 0 saturated carbocycles. The predicted molar refractivity (Wildman–Crippen MR) is 156 cm³/mol. The van der Waals surface area contributed by atoms with Gasteiger partial charge in [0.05, 0.1) is 31.2 Å². The maximum absolute atomic E-state index is 14.0. The molecule has 4 aromatic carbocycles. The highest BCUT2D eigenvalue weighted by Gasteiger charge is 2.42. The van der Waals surface area contributed by atoms with Crippen molar-refractivity contribution in [2.45, 2.75) is 30.3 Å². The number of nitrogens with zero attached hydrogens (tertiary/aromatic N) is 1. The molecule has 10 heteroatoms. The Balaban J connectivity index is 1.37. The van der Waals surface area contributed by atoms with E-state index in [4.69, 9.17) is 4.74 Å². The summed E-state index contributed by atoms with van der Waals surface area (Å²) in [6.45, 7) is 0.187. The lowest BCUT2D eigenvalue weighted by Crippen LogP contribution is -2.47. The van der Waals surface area contributed by atoms with Crippen LogP contribution in [-0.2, 0) is 43.7 Å². The first kappa shape index (κ1) is 28.8. The Morgan fingerprint density at radius 3 is 2.31 bits per heavy atom. The van der Waals surface area contributed by atoms with Gasteiger partial charge >= 0.3 is 5.97 Å². The second kappa shape index (κ2) is 12.0. The molecule has 1 atom stereocenters. The number of hydrogen-bond acceptors (Lipinski definition) is 6. The molecule has 216 valence electrons. The Labute approximate surface area is 243 Å². The molecule has 0 spiro atoms. The zero-order chi connectivity index (χ0) is 29.9. The summed E-state index contributed by atoms with van der Waals surface area (Å²) < 4.78 is 52.8. The number of rotatable bonds is 9. The van der Waals surface area contributed by atoms with Gasteiger partial charge in [-0.05, 0) is 52.6 Å². The summed E-state index contributed by atoms with van der Waals surface area (Å²) in [5.41, 5.74) is 4.05. The average Bonchev–Trinajstić information content (AvgIpc) is 3.41. The van der Waals surface area contributed by atoms with Gasteiger partial charge in [-0.25, -0.2) is 12.8 Å². The Bertz CT molecular complexity index is 1720. The summed E-state index contributed by atoms with van der Waals surface area (Å²) in [6, 6.07) is 23.6. The first-order valence-electron chi connectivity index (χ1n) is 13.2.